The highest BCUT2D eigenvalue weighted by molar-refractivity contribution is 5.67. The Morgan fingerprint density at radius 2 is 2.04 bits per heavy atom. The van der Waals surface area contributed by atoms with Crippen LogP contribution in [0.15, 0.2) is 42.6 Å². The lowest BCUT2D eigenvalue weighted by molar-refractivity contribution is 0.0131. The molecular formula is C18H23N3O4. The standard InChI is InChI=1S/C18H23N3O4/c1-12-15(9-14(19)10-21-12)17(23)16(22)7-8-20-18(24)25-11-13-5-3-2-4-6-13/h2-6,9-10,16-17,22-23H,7-8,11,19H2,1H3,(H,20,24). The largest absolute Gasteiger partial charge is 0.445 e. The second-order valence-electron chi connectivity index (χ2n) is 5.73. The molecule has 1 aromatic heterocycles. The van der Waals surface area contributed by atoms with Gasteiger partial charge >= 0.3 is 6.09 Å². The van der Waals surface area contributed by atoms with Crippen molar-refractivity contribution in [1.29, 1.82) is 0 Å². The summed E-state index contributed by atoms with van der Waals surface area (Å²) in [4.78, 5) is 15.7. The maximum absolute atomic E-state index is 11.6. The highest BCUT2D eigenvalue weighted by Gasteiger charge is 2.21. The molecule has 0 radical (unpaired) electrons. The number of ether oxygens (including phenoxy) is 1. The highest BCUT2D eigenvalue weighted by Crippen LogP contribution is 2.22. The Kier molecular flexibility index (Phi) is 6.73. The maximum atomic E-state index is 11.6. The van der Waals surface area contributed by atoms with Crippen molar-refractivity contribution in [3.8, 4) is 0 Å². The van der Waals surface area contributed by atoms with Gasteiger partial charge in [-0.05, 0) is 25.0 Å². The molecule has 2 atom stereocenters. The maximum Gasteiger partial charge on any atom is 0.407 e. The summed E-state index contributed by atoms with van der Waals surface area (Å²) in [5.41, 5.74) is 8.02. The fraction of sp³-hybridized carbons (Fsp3) is 0.333. The zero-order chi connectivity index (χ0) is 18.2. The zero-order valence-electron chi connectivity index (χ0n) is 14.1. The number of aryl methyl sites for hydroxylation is 1. The lowest BCUT2D eigenvalue weighted by Crippen LogP contribution is -2.30. The van der Waals surface area contributed by atoms with Crippen LogP contribution in [0.2, 0.25) is 0 Å². The van der Waals surface area contributed by atoms with Crippen LogP contribution >= 0.6 is 0 Å². The van der Waals surface area contributed by atoms with Crippen LogP contribution < -0.4 is 11.1 Å². The smallest absolute Gasteiger partial charge is 0.407 e. The molecule has 0 aliphatic heterocycles. The van der Waals surface area contributed by atoms with Gasteiger partial charge in [-0.15, -0.1) is 0 Å². The monoisotopic (exact) mass is 345 g/mol. The topological polar surface area (TPSA) is 118 Å². The van der Waals surface area contributed by atoms with Crippen LogP contribution in [-0.4, -0.2) is 33.9 Å². The number of pyridine rings is 1. The summed E-state index contributed by atoms with van der Waals surface area (Å²) in [5, 5.41) is 22.9. The Bertz CT molecular complexity index is 694. The fourth-order valence-electron chi connectivity index (χ4n) is 2.33. The third-order valence-corrected chi connectivity index (χ3v) is 3.75. The molecule has 7 nitrogen and oxygen atoms in total. The average Bonchev–Trinajstić information content (AvgIpc) is 2.62. The number of hydrogen-bond donors (Lipinski definition) is 4. The van der Waals surface area contributed by atoms with Gasteiger partial charge in [-0.3, -0.25) is 4.98 Å². The third kappa shape index (κ3) is 5.74. The van der Waals surface area contributed by atoms with E-state index in [1.165, 1.54) is 6.20 Å². The summed E-state index contributed by atoms with van der Waals surface area (Å²) < 4.78 is 5.07. The highest BCUT2D eigenvalue weighted by atomic mass is 16.5. The average molecular weight is 345 g/mol. The third-order valence-electron chi connectivity index (χ3n) is 3.75. The minimum Gasteiger partial charge on any atom is -0.445 e. The normalized spacial score (nSPS) is 13.1. The van der Waals surface area contributed by atoms with Crippen LogP contribution in [0.1, 0.15) is 29.3 Å². The summed E-state index contributed by atoms with van der Waals surface area (Å²) in [5.74, 6) is 0. The van der Waals surface area contributed by atoms with E-state index in [0.717, 1.165) is 5.56 Å². The number of benzene rings is 1. The van der Waals surface area contributed by atoms with E-state index in [-0.39, 0.29) is 19.6 Å². The fourth-order valence-corrected chi connectivity index (χ4v) is 2.33. The Morgan fingerprint density at radius 1 is 1.32 bits per heavy atom. The van der Waals surface area contributed by atoms with Crippen molar-refractivity contribution >= 4 is 11.8 Å². The lowest BCUT2D eigenvalue weighted by atomic mass is 10.0. The van der Waals surface area contributed by atoms with Crippen molar-refractivity contribution in [3.63, 3.8) is 0 Å². The predicted molar refractivity (Wildman–Crippen MR) is 93.6 cm³/mol. The minimum atomic E-state index is -1.13. The van der Waals surface area contributed by atoms with Gasteiger partial charge in [0.05, 0.1) is 18.0 Å². The predicted octanol–water partition coefficient (Wildman–Crippen LogP) is 1.68. The first-order valence-electron chi connectivity index (χ1n) is 8.00. The van der Waals surface area contributed by atoms with E-state index < -0.39 is 18.3 Å². The number of nitrogen functional groups attached to an aromatic ring is 1. The number of alkyl carbamates (subject to hydrolysis) is 1. The lowest BCUT2D eigenvalue weighted by Gasteiger charge is -2.20. The Balaban J connectivity index is 1.75. The molecule has 2 unspecified atom stereocenters. The van der Waals surface area contributed by atoms with Gasteiger partial charge in [-0.1, -0.05) is 30.3 Å². The Morgan fingerprint density at radius 3 is 2.76 bits per heavy atom. The molecule has 0 saturated heterocycles. The Labute approximate surface area is 146 Å². The van der Waals surface area contributed by atoms with Gasteiger partial charge in [-0.2, -0.15) is 0 Å². The number of carbonyl (C=O) groups excluding carboxylic acids is 1. The van der Waals surface area contributed by atoms with Gasteiger partial charge in [0.25, 0.3) is 0 Å². The molecule has 2 aromatic rings. The molecular weight excluding hydrogens is 322 g/mol. The molecule has 1 amide bonds. The molecule has 134 valence electrons. The molecule has 1 aromatic carbocycles. The van der Waals surface area contributed by atoms with Crippen LogP contribution in [0.3, 0.4) is 0 Å². The SMILES string of the molecule is Cc1ncc(N)cc1C(O)C(O)CCNC(=O)OCc1ccccc1. The first-order chi connectivity index (χ1) is 12.0. The molecule has 5 N–H and O–H groups in total. The summed E-state index contributed by atoms with van der Waals surface area (Å²) in [6.07, 6.45) is -1.11. The van der Waals surface area contributed by atoms with Crippen molar-refractivity contribution in [2.24, 2.45) is 0 Å². The van der Waals surface area contributed by atoms with Crippen LogP contribution in [0.25, 0.3) is 0 Å². The van der Waals surface area contributed by atoms with Gasteiger partial charge < -0.3 is 26.0 Å². The van der Waals surface area contributed by atoms with E-state index in [9.17, 15) is 15.0 Å². The molecule has 25 heavy (non-hydrogen) atoms. The first kappa shape index (κ1) is 18.7. The number of aliphatic hydroxyl groups excluding tert-OH is 2. The van der Waals surface area contributed by atoms with Gasteiger partial charge in [0.15, 0.2) is 0 Å². The number of rotatable bonds is 7. The van der Waals surface area contributed by atoms with Crippen molar-refractivity contribution in [2.45, 2.75) is 32.2 Å². The summed E-state index contributed by atoms with van der Waals surface area (Å²) in [7, 11) is 0. The molecule has 7 heteroatoms. The van der Waals surface area contributed by atoms with Crippen molar-refractivity contribution in [3.05, 3.63) is 59.4 Å². The van der Waals surface area contributed by atoms with E-state index in [4.69, 9.17) is 10.5 Å². The minimum absolute atomic E-state index is 0.163. The van der Waals surface area contributed by atoms with Crippen molar-refractivity contribution in [2.75, 3.05) is 12.3 Å². The number of anilines is 1. The van der Waals surface area contributed by atoms with Crippen LogP contribution in [-0.2, 0) is 11.3 Å². The summed E-state index contributed by atoms with van der Waals surface area (Å²) >= 11 is 0. The number of nitrogens with two attached hydrogens (primary N) is 1. The summed E-state index contributed by atoms with van der Waals surface area (Å²) in [6, 6.07) is 10.9. The van der Waals surface area contributed by atoms with E-state index in [1.54, 1.807) is 13.0 Å². The number of hydrogen-bond acceptors (Lipinski definition) is 6. The summed E-state index contributed by atoms with van der Waals surface area (Å²) in [6.45, 7) is 2.07. The molecule has 0 aliphatic rings. The van der Waals surface area contributed by atoms with E-state index in [0.29, 0.717) is 16.9 Å². The van der Waals surface area contributed by atoms with E-state index in [2.05, 4.69) is 10.3 Å². The molecule has 1 heterocycles. The number of nitrogens with one attached hydrogen (secondary N) is 1. The molecule has 0 fully saturated rings. The van der Waals surface area contributed by atoms with Gasteiger partial charge in [-0.25, -0.2) is 4.79 Å². The molecule has 0 saturated carbocycles. The number of aromatic nitrogens is 1. The molecule has 2 rings (SSSR count). The van der Waals surface area contributed by atoms with Gasteiger partial charge in [0.1, 0.15) is 12.7 Å². The van der Waals surface area contributed by atoms with Gasteiger partial charge in [0.2, 0.25) is 0 Å². The molecule has 0 bridgehead atoms. The number of carbonyl (C=O) groups is 1. The number of aliphatic hydroxyl groups is 2. The zero-order valence-corrected chi connectivity index (χ0v) is 14.1. The van der Waals surface area contributed by atoms with Crippen LogP contribution in [0, 0.1) is 6.92 Å². The molecule has 0 spiro atoms. The quantitative estimate of drug-likeness (QED) is 0.606. The van der Waals surface area contributed by atoms with Crippen molar-refractivity contribution in [1.82, 2.24) is 10.3 Å². The first-order valence-corrected chi connectivity index (χ1v) is 8.00. The van der Waals surface area contributed by atoms with Crippen molar-refractivity contribution < 1.29 is 19.7 Å². The van der Waals surface area contributed by atoms with Crippen LogP contribution in [0.4, 0.5) is 10.5 Å². The Hall–Kier alpha value is -2.64. The van der Waals surface area contributed by atoms with Gasteiger partial charge in [0, 0.05) is 17.8 Å². The van der Waals surface area contributed by atoms with E-state index >= 15 is 0 Å². The molecule has 0 aliphatic carbocycles. The second kappa shape index (κ2) is 9.00. The number of nitrogens with zero attached hydrogens (tertiary/aromatic N) is 1. The van der Waals surface area contributed by atoms with Crippen LogP contribution in [0.5, 0.6) is 0 Å². The van der Waals surface area contributed by atoms with E-state index in [1.807, 2.05) is 30.3 Å². The number of amides is 1. The second-order valence-corrected chi connectivity index (χ2v) is 5.73.